The standard InChI is InChI=1S/C8H17N2/c1-5-6(2)10-8(4)7(3)9-5/h5-9H,1-4H3. The van der Waals surface area contributed by atoms with Gasteiger partial charge in [0.2, 0.25) is 0 Å². The molecule has 0 spiro atoms. The largest absolute Gasteiger partial charge is 0.309 e. The summed E-state index contributed by atoms with van der Waals surface area (Å²) in [7, 11) is 0. The van der Waals surface area contributed by atoms with Crippen molar-refractivity contribution in [1.29, 1.82) is 0 Å². The van der Waals surface area contributed by atoms with Gasteiger partial charge in [-0.25, -0.2) is 5.32 Å². The van der Waals surface area contributed by atoms with Gasteiger partial charge in [0.1, 0.15) is 0 Å². The minimum absolute atomic E-state index is 0.478. The fraction of sp³-hybridized carbons (Fsp3) is 1.00. The molecule has 1 rings (SSSR count). The molecule has 4 unspecified atom stereocenters. The van der Waals surface area contributed by atoms with Gasteiger partial charge in [0.15, 0.2) is 0 Å². The van der Waals surface area contributed by atoms with Gasteiger partial charge in [0, 0.05) is 24.2 Å². The number of hydrogen-bond acceptors (Lipinski definition) is 1. The summed E-state index contributed by atoms with van der Waals surface area (Å²) in [5.41, 5.74) is 0. The van der Waals surface area contributed by atoms with Gasteiger partial charge < -0.3 is 5.32 Å². The molecule has 1 fully saturated rings. The maximum absolute atomic E-state index is 4.58. The van der Waals surface area contributed by atoms with Crippen LogP contribution in [0.3, 0.4) is 0 Å². The molecule has 1 N–H and O–H groups in total. The molecule has 0 aromatic carbocycles. The van der Waals surface area contributed by atoms with Crippen molar-refractivity contribution >= 4 is 0 Å². The van der Waals surface area contributed by atoms with Crippen LogP contribution in [0.15, 0.2) is 0 Å². The topological polar surface area (TPSA) is 26.1 Å². The second-order valence-corrected chi connectivity index (χ2v) is 3.37. The molecule has 0 aliphatic carbocycles. The SMILES string of the molecule is CC1[N]C(C)C(C)NC1C. The first-order chi connectivity index (χ1) is 4.61. The summed E-state index contributed by atoms with van der Waals surface area (Å²) in [5, 5.41) is 8.07. The van der Waals surface area contributed by atoms with Gasteiger partial charge in [-0.2, -0.15) is 0 Å². The lowest BCUT2D eigenvalue weighted by molar-refractivity contribution is 0.243. The molecule has 4 atom stereocenters. The molecule has 2 nitrogen and oxygen atoms in total. The van der Waals surface area contributed by atoms with Crippen LogP contribution in [-0.2, 0) is 0 Å². The number of piperazine rings is 1. The highest BCUT2D eigenvalue weighted by atomic mass is 15.1. The Labute approximate surface area is 63.4 Å². The number of hydrogen-bond donors (Lipinski definition) is 1. The van der Waals surface area contributed by atoms with Crippen molar-refractivity contribution in [3.8, 4) is 0 Å². The van der Waals surface area contributed by atoms with E-state index in [2.05, 4.69) is 38.3 Å². The lowest BCUT2D eigenvalue weighted by atomic mass is 10.0. The van der Waals surface area contributed by atoms with Gasteiger partial charge in [-0.1, -0.05) is 0 Å². The van der Waals surface area contributed by atoms with Crippen LogP contribution in [0.5, 0.6) is 0 Å². The molecule has 59 valence electrons. The Balaban J connectivity index is 2.46. The van der Waals surface area contributed by atoms with E-state index >= 15 is 0 Å². The van der Waals surface area contributed by atoms with E-state index in [1.54, 1.807) is 0 Å². The molecular formula is C8H17N2. The molecule has 0 aromatic rings. The third-order valence-electron chi connectivity index (χ3n) is 2.44. The molecule has 0 saturated carbocycles. The van der Waals surface area contributed by atoms with Crippen molar-refractivity contribution in [1.82, 2.24) is 10.6 Å². The van der Waals surface area contributed by atoms with Crippen LogP contribution in [-0.4, -0.2) is 24.2 Å². The van der Waals surface area contributed by atoms with Crippen LogP contribution in [0.2, 0.25) is 0 Å². The van der Waals surface area contributed by atoms with Gasteiger partial charge in [-0.3, -0.25) is 0 Å². The number of nitrogens with zero attached hydrogens (tertiary/aromatic N) is 1. The Hall–Kier alpha value is -0.0800. The zero-order valence-corrected chi connectivity index (χ0v) is 7.26. The number of nitrogens with one attached hydrogen (secondary N) is 1. The lowest BCUT2D eigenvalue weighted by Gasteiger charge is -2.36. The Morgan fingerprint density at radius 2 is 1.30 bits per heavy atom. The molecule has 1 aliphatic heterocycles. The smallest absolute Gasteiger partial charge is 0.0372 e. The minimum Gasteiger partial charge on any atom is -0.309 e. The first-order valence-electron chi connectivity index (χ1n) is 4.07. The average Bonchev–Trinajstić information content (AvgIpc) is 1.84. The van der Waals surface area contributed by atoms with E-state index in [9.17, 15) is 0 Å². The first-order valence-corrected chi connectivity index (χ1v) is 4.07. The van der Waals surface area contributed by atoms with Crippen molar-refractivity contribution in [2.45, 2.75) is 51.9 Å². The van der Waals surface area contributed by atoms with Gasteiger partial charge in [0.05, 0.1) is 0 Å². The van der Waals surface area contributed by atoms with Crippen molar-refractivity contribution in [3.05, 3.63) is 0 Å². The third-order valence-corrected chi connectivity index (χ3v) is 2.44. The van der Waals surface area contributed by atoms with E-state index < -0.39 is 0 Å². The van der Waals surface area contributed by atoms with Crippen LogP contribution in [0.1, 0.15) is 27.7 Å². The Morgan fingerprint density at radius 3 is 1.60 bits per heavy atom. The van der Waals surface area contributed by atoms with Crippen molar-refractivity contribution in [2.75, 3.05) is 0 Å². The minimum atomic E-state index is 0.478. The fourth-order valence-electron chi connectivity index (χ4n) is 1.32. The summed E-state index contributed by atoms with van der Waals surface area (Å²) in [6, 6.07) is 2.05. The summed E-state index contributed by atoms with van der Waals surface area (Å²) < 4.78 is 0. The number of rotatable bonds is 0. The van der Waals surface area contributed by atoms with E-state index in [0.29, 0.717) is 24.2 Å². The lowest BCUT2D eigenvalue weighted by Crippen LogP contribution is -2.58. The van der Waals surface area contributed by atoms with Gasteiger partial charge in [0.25, 0.3) is 0 Å². The second-order valence-electron chi connectivity index (χ2n) is 3.37. The second kappa shape index (κ2) is 2.89. The predicted molar refractivity (Wildman–Crippen MR) is 43.1 cm³/mol. The summed E-state index contributed by atoms with van der Waals surface area (Å²) in [4.78, 5) is 0. The summed E-state index contributed by atoms with van der Waals surface area (Å²) in [5.74, 6) is 0. The zero-order chi connectivity index (χ0) is 7.72. The molecule has 0 aromatic heterocycles. The van der Waals surface area contributed by atoms with E-state index in [0.717, 1.165) is 0 Å². The van der Waals surface area contributed by atoms with E-state index in [1.807, 2.05) is 0 Å². The molecule has 2 heteroatoms. The molecule has 1 heterocycles. The van der Waals surface area contributed by atoms with E-state index in [4.69, 9.17) is 0 Å². The Kier molecular flexibility index (Phi) is 2.32. The zero-order valence-electron chi connectivity index (χ0n) is 7.26. The molecule has 0 bridgehead atoms. The fourth-order valence-corrected chi connectivity index (χ4v) is 1.32. The molecule has 1 saturated heterocycles. The van der Waals surface area contributed by atoms with Crippen LogP contribution in [0.25, 0.3) is 0 Å². The Bertz CT molecular complexity index is 87.8. The van der Waals surface area contributed by atoms with Crippen LogP contribution in [0.4, 0.5) is 0 Å². The van der Waals surface area contributed by atoms with Gasteiger partial charge in [-0.05, 0) is 27.7 Å². The summed E-state index contributed by atoms with van der Waals surface area (Å²) >= 11 is 0. The summed E-state index contributed by atoms with van der Waals surface area (Å²) in [6.45, 7) is 8.72. The molecule has 1 radical (unpaired) electrons. The van der Waals surface area contributed by atoms with Crippen LogP contribution in [0, 0.1) is 0 Å². The van der Waals surface area contributed by atoms with Crippen LogP contribution < -0.4 is 10.6 Å². The third kappa shape index (κ3) is 1.50. The highest BCUT2D eigenvalue weighted by Gasteiger charge is 2.26. The highest BCUT2D eigenvalue weighted by Crippen LogP contribution is 2.07. The average molecular weight is 141 g/mol. The molecule has 10 heavy (non-hydrogen) atoms. The Morgan fingerprint density at radius 1 is 0.900 bits per heavy atom. The normalized spacial score (nSPS) is 49.2. The highest BCUT2D eigenvalue weighted by molar-refractivity contribution is 4.89. The van der Waals surface area contributed by atoms with Crippen LogP contribution >= 0.6 is 0 Å². The van der Waals surface area contributed by atoms with E-state index in [1.165, 1.54) is 0 Å². The maximum atomic E-state index is 4.58. The summed E-state index contributed by atoms with van der Waals surface area (Å²) in [6.07, 6.45) is 0. The maximum Gasteiger partial charge on any atom is 0.0372 e. The molecule has 1 aliphatic rings. The van der Waals surface area contributed by atoms with Gasteiger partial charge >= 0.3 is 0 Å². The molecular weight excluding hydrogens is 124 g/mol. The molecule has 0 amide bonds. The van der Waals surface area contributed by atoms with Crippen molar-refractivity contribution in [2.24, 2.45) is 0 Å². The van der Waals surface area contributed by atoms with Crippen molar-refractivity contribution in [3.63, 3.8) is 0 Å². The quantitative estimate of drug-likeness (QED) is 0.529. The van der Waals surface area contributed by atoms with Gasteiger partial charge in [-0.15, -0.1) is 0 Å². The van der Waals surface area contributed by atoms with Crippen molar-refractivity contribution < 1.29 is 0 Å². The van der Waals surface area contributed by atoms with E-state index in [-0.39, 0.29) is 0 Å². The predicted octanol–water partition coefficient (Wildman–Crippen LogP) is 0.748. The first kappa shape index (κ1) is 8.02. The monoisotopic (exact) mass is 141 g/mol.